The lowest BCUT2D eigenvalue weighted by molar-refractivity contribution is -0.384. The summed E-state index contributed by atoms with van der Waals surface area (Å²) >= 11 is 1.71. The average Bonchev–Trinajstić information content (AvgIpc) is 2.25. The number of benzene rings is 1. The minimum absolute atomic E-state index is 0.0297. The number of non-ortho nitro benzene ring substituents is 1. The number of nitrogens with zero attached hydrogens (tertiary/aromatic N) is 1. The van der Waals surface area contributed by atoms with Gasteiger partial charge >= 0.3 is 0 Å². The summed E-state index contributed by atoms with van der Waals surface area (Å²) in [6.07, 6.45) is 0.444. The van der Waals surface area contributed by atoms with E-state index in [-0.39, 0.29) is 21.5 Å². The second-order valence-corrected chi connectivity index (χ2v) is 7.50. The molecule has 1 aromatic carbocycles. The summed E-state index contributed by atoms with van der Waals surface area (Å²) in [5.74, 6) is 0.125. The largest absolute Gasteiger partial charge is 0.300 e. The standard InChI is InChI=1S/C14H19NO3S/c1-10(16)9-13(19-14(2,3)4)11-5-7-12(8-6-11)15(17)18/h5-8,13H,9H2,1-4H3/t13-/m1/s1. The van der Waals surface area contributed by atoms with Crippen LogP contribution in [-0.4, -0.2) is 15.5 Å². The summed E-state index contributed by atoms with van der Waals surface area (Å²) in [6.45, 7) is 7.85. The number of thioether (sulfide) groups is 1. The fraction of sp³-hybridized carbons (Fsp3) is 0.500. The van der Waals surface area contributed by atoms with Gasteiger partial charge in [-0.05, 0) is 12.5 Å². The fourth-order valence-corrected chi connectivity index (χ4v) is 3.19. The van der Waals surface area contributed by atoms with Crippen molar-refractivity contribution in [1.29, 1.82) is 0 Å². The summed E-state index contributed by atoms with van der Waals surface area (Å²) < 4.78 is 0.0297. The smallest absolute Gasteiger partial charge is 0.269 e. The number of hydrogen-bond acceptors (Lipinski definition) is 4. The van der Waals surface area contributed by atoms with Crippen molar-refractivity contribution in [3.63, 3.8) is 0 Å². The van der Waals surface area contributed by atoms with E-state index in [1.807, 2.05) is 0 Å². The number of hydrogen-bond donors (Lipinski definition) is 0. The molecule has 1 atom stereocenters. The molecule has 104 valence electrons. The van der Waals surface area contributed by atoms with Crippen molar-refractivity contribution in [2.45, 2.75) is 44.1 Å². The van der Waals surface area contributed by atoms with Gasteiger partial charge in [-0.2, -0.15) is 0 Å². The van der Waals surface area contributed by atoms with Gasteiger partial charge in [0.25, 0.3) is 5.69 Å². The lowest BCUT2D eigenvalue weighted by Crippen LogP contribution is -2.13. The molecule has 0 unspecified atom stereocenters. The van der Waals surface area contributed by atoms with E-state index in [0.29, 0.717) is 6.42 Å². The molecule has 4 nitrogen and oxygen atoms in total. The van der Waals surface area contributed by atoms with Crippen LogP contribution < -0.4 is 0 Å². The van der Waals surface area contributed by atoms with Crippen molar-refractivity contribution in [3.8, 4) is 0 Å². The van der Waals surface area contributed by atoms with Gasteiger partial charge in [0.2, 0.25) is 0 Å². The Morgan fingerprint density at radius 2 is 1.84 bits per heavy atom. The molecule has 0 heterocycles. The third-order valence-electron chi connectivity index (χ3n) is 2.44. The Labute approximate surface area is 117 Å². The highest BCUT2D eigenvalue weighted by atomic mass is 32.2. The van der Waals surface area contributed by atoms with Crippen molar-refractivity contribution < 1.29 is 9.72 Å². The molecule has 0 aliphatic carbocycles. The first kappa shape index (κ1) is 15.7. The van der Waals surface area contributed by atoms with E-state index in [1.54, 1.807) is 30.8 Å². The highest BCUT2D eigenvalue weighted by Crippen LogP contribution is 2.41. The molecule has 0 fully saturated rings. The maximum absolute atomic E-state index is 11.4. The summed E-state index contributed by atoms with van der Waals surface area (Å²) in [5, 5.41) is 10.7. The number of rotatable bonds is 5. The summed E-state index contributed by atoms with van der Waals surface area (Å²) in [4.78, 5) is 21.6. The molecule has 0 aliphatic heterocycles. The van der Waals surface area contributed by atoms with Crippen LogP contribution >= 0.6 is 11.8 Å². The van der Waals surface area contributed by atoms with Gasteiger partial charge in [-0.15, -0.1) is 11.8 Å². The lowest BCUT2D eigenvalue weighted by atomic mass is 10.1. The molecule has 0 spiro atoms. The first-order valence-electron chi connectivity index (χ1n) is 6.10. The highest BCUT2D eigenvalue weighted by molar-refractivity contribution is 8.00. The second-order valence-electron chi connectivity index (χ2n) is 5.47. The van der Waals surface area contributed by atoms with Crippen LogP contribution in [0.5, 0.6) is 0 Å². The van der Waals surface area contributed by atoms with Gasteiger partial charge in [0.1, 0.15) is 5.78 Å². The van der Waals surface area contributed by atoms with Crippen LogP contribution in [0.2, 0.25) is 0 Å². The summed E-state index contributed by atoms with van der Waals surface area (Å²) in [5.41, 5.74) is 1.03. The van der Waals surface area contributed by atoms with E-state index in [4.69, 9.17) is 0 Å². The van der Waals surface area contributed by atoms with Crippen molar-refractivity contribution in [3.05, 3.63) is 39.9 Å². The van der Waals surface area contributed by atoms with Crippen LogP contribution in [-0.2, 0) is 4.79 Å². The van der Waals surface area contributed by atoms with E-state index in [2.05, 4.69) is 20.8 Å². The van der Waals surface area contributed by atoms with E-state index in [0.717, 1.165) is 5.56 Å². The minimum Gasteiger partial charge on any atom is -0.300 e. The zero-order valence-electron chi connectivity index (χ0n) is 11.7. The van der Waals surface area contributed by atoms with E-state index < -0.39 is 4.92 Å². The summed E-state index contributed by atoms with van der Waals surface area (Å²) in [6, 6.07) is 6.46. The number of ketones is 1. The quantitative estimate of drug-likeness (QED) is 0.601. The van der Waals surface area contributed by atoms with Gasteiger partial charge in [-0.25, -0.2) is 0 Å². The van der Waals surface area contributed by atoms with Gasteiger partial charge < -0.3 is 0 Å². The predicted octanol–water partition coefficient (Wildman–Crippen LogP) is 4.15. The lowest BCUT2D eigenvalue weighted by Gasteiger charge is -2.25. The highest BCUT2D eigenvalue weighted by Gasteiger charge is 2.22. The number of nitro benzene ring substituents is 1. The van der Waals surface area contributed by atoms with Gasteiger partial charge in [0.15, 0.2) is 0 Å². The van der Waals surface area contributed by atoms with E-state index in [9.17, 15) is 14.9 Å². The van der Waals surface area contributed by atoms with Crippen molar-refractivity contribution >= 4 is 23.2 Å². The third kappa shape index (κ3) is 5.42. The Bertz CT molecular complexity index is 463. The molecule has 19 heavy (non-hydrogen) atoms. The molecule has 1 aromatic rings. The van der Waals surface area contributed by atoms with Crippen LogP contribution in [0.25, 0.3) is 0 Å². The predicted molar refractivity (Wildman–Crippen MR) is 78.5 cm³/mol. The minimum atomic E-state index is -0.416. The normalized spacial score (nSPS) is 13.1. The Hall–Kier alpha value is -1.36. The van der Waals surface area contributed by atoms with Crippen LogP contribution in [0.1, 0.15) is 44.9 Å². The molecule has 0 bridgehead atoms. The van der Waals surface area contributed by atoms with Crippen molar-refractivity contribution in [2.24, 2.45) is 0 Å². The number of Topliss-reactive ketones (excluding diaryl/α,β-unsaturated/α-hetero) is 1. The Kier molecular flexibility index (Phi) is 5.11. The molecular weight excluding hydrogens is 262 g/mol. The van der Waals surface area contributed by atoms with E-state index in [1.165, 1.54) is 12.1 Å². The number of carbonyl (C=O) groups is 1. The molecule has 1 rings (SSSR count). The van der Waals surface area contributed by atoms with Crippen LogP contribution in [0, 0.1) is 10.1 Å². The van der Waals surface area contributed by atoms with Gasteiger partial charge in [-0.1, -0.05) is 32.9 Å². The molecule has 0 aliphatic rings. The molecule has 0 radical (unpaired) electrons. The Balaban J connectivity index is 2.96. The summed E-state index contributed by atoms with van der Waals surface area (Å²) in [7, 11) is 0. The average molecular weight is 281 g/mol. The topological polar surface area (TPSA) is 60.2 Å². The zero-order valence-corrected chi connectivity index (χ0v) is 12.5. The first-order chi connectivity index (χ1) is 8.69. The third-order valence-corrected chi connectivity index (χ3v) is 3.87. The van der Waals surface area contributed by atoms with Crippen molar-refractivity contribution in [1.82, 2.24) is 0 Å². The molecule has 0 N–H and O–H groups in total. The fourth-order valence-electron chi connectivity index (χ4n) is 1.73. The zero-order chi connectivity index (χ0) is 14.6. The van der Waals surface area contributed by atoms with Gasteiger partial charge in [-0.3, -0.25) is 14.9 Å². The molecule has 0 saturated carbocycles. The molecule has 0 amide bonds. The van der Waals surface area contributed by atoms with Crippen LogP contribution in [0.15, 0.2) is 24.3 Å². The van der Waals surface area contributed by atoms with Crippen LogP contribution in [0.3, 0.4) is 0 Å². The van der Waals surface area contributed by atoms with Crippen molar-refractivity contribution in [2.75, 3.05) is 0 Å². The first-order valence-corrected chi connectivity index (χ1v) is 6.98. The van der Waals surface area contributed by atoms with E-state index >= 15 is 0 Å². The number of carbonyl (C=O) groups excluding carboxylic acids is 1. The molecular formula is C14H19NO3S. The van der Waals surface area contributed by atoms with Crippen LogP contribution in [0.4, 0.5) is 5.69 Å². The SMILES string of the molecule is CC(=O)C[C@@H](SC(C)(C)C)c1ccc([N+](=O)[O-])cc1. The monoisotopic (exact) mass is 281 g/mol. The maximum Gasteiger partial charge on any atom is 0.269 e. The Morgan fingerprint density at radius 1 is 1.32 bits per heavy atom. The second kappa shape index (κ2) is 6.19. The maximum atomic E-state index is 11.4. The molecule has 0 saturated heterocycles. The molecule has 0 aromatic heterocycles. The Morgan fingerprint density at radius 3 is 2.21 bits per heavy atom. The van der Waals surface area contributed by atoms with Gasteiger partial charge in [0.05, 0.1) is 4.92 Å². The number of nitro groups is 1. The van der Waals surface area contributed by atoms with Gasteiger partial charge in [0, 0.05) is 28.6 Å². The molecule has 5 heteroatoms.